The molecule has 0 aliphatic heterocycles. The molecule has 2 aromatic carbocycles. The molecule has 0 amide bonds. The van der Waals surface area contributed by atoms with Gasteiger partial charge < -0.3 is 15.4 Å². The second-order valence-corrected chi connectivity index (χ2v) is 6.09. The van der Waals surface area contributed by atoms with E-state index < -0.39 is 0 Å². The van der Waals surface area contributed by atoms with Gasteiger partial charge in [0.25, 0.3) is 0 Å². The van der Waals surface area contributed by atoms with E-state index in [1.165, 1.54) is 18.4 Å². The molecule has 0 bridgehead atoms. The molecule has 0 unspecified atom stereocenters. The summed E-state index contributed by atoms with van der Waals surface area (Å²) in [4.78, 5) is 11.8. The number of ether oxygens (including phenoxy) is 1. The molecule has 0 atom stereocenters. The molecule has 0 aliphatic carbocycles. The monoisotopic (exact) mass is 356 g/mol. The summed E-state index contributed by atoms with van der Waals surface area (Å²) in [6.45, 7) is 4.33. The van der Waals surface area contributed by atoms with E-state index >= 15 is 0 Å². The first-order chi connectivity index (χ1) is 12.1. The first-order valence-corrected chi connectivity index (χ1v) is 8.97. The first-order valence-electron chi connectivity index (χ1n) is 8.56. The van der Waals surface area contributed by atoms with E-state index in [0.29, 0.717) is 17.3 Å². The zero-order chi connectivity index (χ0) is 18.1. The molecular weight excluding hydrogens is 332 g/mol. The summed E-state index contributed by atoms with van der Waals surface area (Å²) >= 11 is 5.34. The molecule has 0 saturated heterocycles. The average molecular weight is 356 g/mol. The Labute approximate surface area is 154 Å². The number of carbonyl (C=O) groups is 1. The predicted molar refractivity (Wildman–Crippen MR) is 107 cm³/mol. The molecule has 4 nitrogen and oxygen atoms in total. The number of rotatable bonds is 7. The lowest BCUT2D eigenvalue weighted by Crippen LogP contribution is -2.19. The van der Waals surface area contributed by atoms with E-state index in [0.717, 1.165) is 17.8 Å². The Morgan fingerprint density at radius 3 is 2.44 bits per heavy atom. The minimum absolute atomic E-state index is 0.340. The molecule has 0 heterocycles. The maximum Gasteiger partial charge on any atom is 0.338 e. The average Bonchev–Trinajstić information content (AvgIpc) is 2.61. The number of aryl methyl sites for hydroxylation is 1. The van der Waals surface area contributed by atoms with Gasteiger partial charge in [0.15, 0.2) is 5.11 Å². The lowest BCUT2D eigenvalue weighted by atomic mass is 10.1. The fourth-order valence-electron chi connectivity index (χ4n) is 2.37. The lowest BCUT2D eigenvalue weighted by Gasteiger charge is -2.12. The van der Waals surface area contributed by atoms with Gasteiger partial charge in [0, 0.05) is 11.4 Å². The molecule has 2 aromatic rings. The SMILES string of the molecule is CCCCc1ccc(NC(=S)Nc2cccc(C(=O)OCC)c2)cc1. The number of hydrogen-bond donors (Lipinski definition) is 2. The molecule has 0 radical (unpaired) electrons. The Morgan fingerprint density at radius 2 is 1.76 bits per heavy atom. The first kappa shape index (κ1) is 18.9. The van der Waals surface area contributed by atoms with E-state index in [1.54, 1.807) is 25.1 Å². The van der Waals surface area contributed by atoms with Crippen LogP contribution in [0, 0.1) is 0 Å². The summed E-state index contributed by atoms with van der Waals surface area (Å²) in [7, 11) is 0. The highest BCUT2D eigenvalue weighted by atomic mass is 32.1. The summed E-state index contributed by atoms with van der Waals surface area (Å²) in [6.07, 6.45) is 3.49. The number of unbranched alkanes of at least 4 members (excludes halogenated alkanes) is 1. The van der Waals surface area contributed by atoms with E-state index in [2.05, 4.69) is 29.7 Å². The zero-order valence-corrected chi connectivity index (χ0v) is 15.5. The van der Waals surface area contributed by atoms with Gasteiger partial charge in [-0.05, 0) is 67.9 Å². The van der Waals surface area contributed by atoms with Gasteiger partial charge in [-0.25, -0.2) is 4.79 Å². The van der Waals surface area contributed by atoms with Gasteiger partial charge >= 0.3 is 5.97 Å². The molecular formula is C20H24N2O2S. The molecule has 0 fully saturated rings. The molecule has 0 spiro atoms. The van der Waals surface area contributed by atoms with Gasteiger partial charge in [-0.1, -0.05) is 31.5 Å². The van der Waals surface area contributed by atoms with Crippen molar-refractivity contribution in [2.24, 2.45) is 0 Å². The molecule has 132 valence electrons. The summed E-state index contributed by atoms with van der Waals surface area (Å²) in [5, 5.41) is 6.72. The highest BCUT2D eigenvalue weighted by molar-refractivity contribution is 7.80. The number of thiocarbonyl (C=S) groups is 1. The van der Waals surface area contributed by atoms with Crippen molar-refractivity contribution in [1.82, 2.24) is 0 Å². The van der Waals surface area contributed by atoms with Crippen molar-refractivity contribution in [3.8, 4) is 0 Å². The molecule has 2 N–H and O–H groups in total. The molecule has 25 heavy (non-hydrogen) atoms. The Hall–Kier alpha value is -2.40. The summed E-state index contributed by atoms with van der Waals surface area (Å²) in [5.74, 6) is -0.340. The normalized spacial score (nSPS) is 10.2. The van der Waals surface area contributed by atoms with Crippen LogP contribution in [0.4, 0.5) is 11.4 Å². The van der Waals surface area contributed by atoms with Gasteiger partial charge in [-0.2, -0.15) is 0 Å². The van der Waals surface area contributed by atoms with Gasteiger partial charge in [-0.15, -0.1) is 0 Å². The van der Waals surface area contributed by atoms with E-state index in [4.69, 9.17) is 17.0 Å². The number of anilines is 2. The van der Waals surface area contributed by atoms with Crippen LogP contribution in [-0.2, 0) is 11.2 Å². The molecule has 0 saturated carbocycles. The molecule has 0 aromatic heterocycles. The fraction of sp³-hybridized carbons (Fsp3) is 0.300. The van der Waals surface area contributed by atoms with Crippen LogP contribution in [0.25, 0.3) is 0 Å². The maximum atomic E-state index is 11.8. The van der Waals surface area contributed by atoms with Crippen LogP contribution < -0.4 is 10.6 Å². The third-order valence-corrected chi connectivity index (χ3v) is 3.87. The van der Waals surface area contributed by atoms with Crippen LogP contribution in [0.2, 0.25) is 0 Å². The van der Waals surface area contributed by atoms with Crippen molar-refractivity contribution in [1.29, 1.82) is 0 Å². The Kier molecular flexibility index (Phi) is 7.41. The Bertz CT molecular complexity index is 714. The Balaban J connectivity index is 1.93. The summed E-state index contributed by atoms with van der Waals surface area (Å²) in [6, 6.07) is 15.4. The fourth-order valence-corrected chi connectivity index (χ4v) is 2.60. The van der Waals surface area contributed by atoms with Crippen molar-refractivity contribution in [2.75, 3.05) is 17.2 Å². The minimum Gasteiger partial charge on any atom is -0.462 e. The second-order valence-electron chi connectivity index (χ2n) is 5.68. The number of esters is 1. The molecule has 5 heteroatoms. The highest BCUT2D eigenvalue weighted by Crippen LogP contribution is 2.15. The zero-order valence-electron chi connectivity index (χ0n) is 14.7. The van der Waals surface area contributed by atoms with Crippen LogP contribution in [0.1, 0.15) is 42.6 Å². The predicted octanol–water partition coefficient (Wildman–Crippen LogP) is 5.01. The maximum absolute atomic E-state index is 11.8. The van der Waals surface area contributed by atoms with Gasteiger partial charge in [0.05, 0.1) is 12.2 Å². The van der Waals surface area contributed by atoms with Gasteiger partial charge in [-0.3, -0.25) is 0 Å². The van der Waals surface area contributed by atoms with Crippen molar-refractivity contribution in [3.63, 3.8) is 0 Å². The van der Waals surface area contributed by atoms with Crippen LogP contribution >= 0.6 is 12.2 Å². The van der Waals surface area contributed by atoms with Crippen molar-refractivity contribution in [2.45, 2.75) is 33.1 Å². The largest absolute Gasteiger partial charge is 0.462 e. The van der Waals surface area contributed by atoms with Crippen molar-refractivity contribution in [3.05, 3.63) is 59.7 Å². The summed E-state index contributed by atoms with van der Waals surface area (Å²) in [5.41, 5.74) is 3.49. The van der Waals surface area contributed by atoms with Crippen molar-refractivity contribution < 1.29 is 9.53 Å². The van der Waals surface area contributed by atoms with Crippen LogP contribution in [-0.4, -0.2) is 17.7 Å². The second kappa shape index (κ2) is 9.79. The summed E-state index contributed by atoms with van der Waals surface area (Å²) < 4.78 is 5.01. The smallest absolute Gasteiger partial charge is 0.338 e. The Morgan fingerprint density at radius 1 is 1.04 bits per heavy atom. The van der Waals surface area contributed by atoms with Gasteiger partial charge in [0.1, 0.15) is 0 Å². The third-order valence-electron chi connectivity index (χ3n) is 3.66. The minimum atomic E-state index is -0.340. The van der Waals surface area contributed by atoms with E-state index in [1.807, 2.05) is 18.2 Å². The quantitative estimate of drug-likeness (QED) is 0.539. The third kappa shape index (κ3) is 6.19. The topological polar surface area (TPSA) is 50.4 Å². The number of benzene rings is 2. The van der Waals surface area contributed by atoms with E-state index in [-0.39, 0.29) is 5.97 Å². The number of nitrogens with one attached hydrogen (secondary N) is 2. The number of carbonyl (C=O) groups excluding carboxylic acids is 1. The van der Waals surface area contributed by atoms with Crippen molar-refractivity contribution >= 4 is 34.7 Å². The van der Waals surface area contributed by atoms with Crippen LogP contribution in [0.15, 0.2) is 48.5 Å². The molecule has 2 rings (SSSR count). The van der Waals surface area contributed by atoms with E-state index in [9.17, 15) is 4.79 Å². The lowest BCUT2D eigenvalue weighted by molar-refractivity contribution is 0.0526. The van der Waals surface area contributed by atoms with Crippen LogP contribution in [0.5, 0.6) is 0 Å². The standard InChI is InChI=1S/C20H24N2O2S/c1-3-5-7-15-10-12-17(13-11-15)21-20(25)22-18-9-6-8-16(14-18)19(23)24-4-2/h6,8-14H,3-5,7H2,1-2H3,(H2,21,22,25). The number of hydrogen-bond acceptors (Lipinski definition) is 3. The molecule has 0 aliphatic rings. The highest BCUT2D eigenvalue weighted by Gasteiger charge is 2.07. The van der Waals surface area contributed by atoms with Gasteiger partial charge in [0.2, 0.25) is 0 Å². The van der Waals surface area contributed by atoms with Crippen LogP contribution in [0.3, 0.4) is 0 Å².